The molecule has 0 radical (unpaired) electrons. The van der Waals surface area contributed by atoms with Gasteiger partial charge < -0.3 is 14.7 Å². The van der Waals surface area contributed by atoms with Gasteiger partial charge in [0.05, 0.1) is 5.60 Å². The van der Waals surface area contributed by atoms with E-state index in [1.54, 1.807) is 4.90 Å². The van der Waals surface area contributed by atoms with Crippen molar-refractivity contribution in [3.63, 3.8) is 0 Å². The van der Waals surface area contributed by atoms with Crippen LogP contribution in [0.25, 0.3) is 0 Å². The quantitative estimate of drug-likeness (QED) is 0.863. The van der Waals surface area contributed by atoms with Gasteiger partial charge in [0.2, 0.25) is 0 Å². The van der Waals surface area contributed by atoms with E-state index >= 15 is 0 Å². The number of hydrogen-bond donors (Lipinski definition) is 1. The van der Waals surface area contributed by atoms with Gasteiger partial charge in [0.25, 0.3) is 0 Å². The highest BCUT2D eigenvalue weighted by Gasteiger charge is 2.40. The minimum absolute atomic E-state index is 0.0567. The van der Waals surface area contributed by atoms with Gasteiger partial charge in [0.1, 0.15) is 5.60 Å². The summed E-state index contributed by atoms with van der Waals surface area (Å²) in [6.45, 7) is 8.04. The number of benzene rings is 1. The second-order valence-corrected chi connectivity index (χ2v) is 6.87. The normalized spacial score (nSPS) is 26.5. The van der Waals surface area contributed by atoms with Crippen molar-refractivity contribution in [2.75, 3.05) is 6.54 Å². The standard InChI is InChI=1S/C17H25NO3/c1-13-12-17(20,14-8-6-5-7-9-14)10-11-18(13)15(19)21-16(2,3)4/h5-9,13,20H,10-12H2,1-4H3/t13-,17-/m0/s1. The molecule has 0 spiro atoms. The Hall–Kier alpha value is -1.55. The van der Waals surface area contributed by atoms with Crippen LogP contribution >= 0.6 is 0 Å². The zero-order valence-corrected chi connectivity index (χ0v) is 13.3. The lowest BCUT2D eigenvalue weighted by molar-refractivity contribution is -0.0546. The highest BCUT2D eigenvalue weighted by molar-refractivity contribution is 5.68. The van der Waals surface area contributed by atoms with Gasteiger partial charge >= 0.3 is 6.09 Å². The Labute approximate surface area is 126 Å². The molecule has 2 atom stereocenters. The van der Waals surface area contributed by atoms with E-state index < -0.39 is 11.2 Å². The van der Waals surface area contributed by atoms with Crippen LogP contribution in [0.5, 0.6) is 0 Å². The fraction of sp³-hybridized carbons (Fsp3) is 0.588. The maximum absolute atomic E-state index is 12.2. The van der Waals surface area contributed by atoms with Crippen molar-refractivity contribution in [1.29, 1.82) is 0 Å². The number of aliphatic hydroxyl groups is 1. The van der Waals surface area contributed by atoms with Gasteiger partial charge in [-0.3, -0.25) is 0 Å². The number of hydrogen-bond acceptors (Lipinski definition) is 3. The van der Waals surface area contributed by atoms with Gasteiger partial charge in [-0.05, 0) is 39.7 Å². The van der Waals surface area contributed by atoms with Crippen LogP contribution in [-0.4, -0.2) is 34.3 Å². The molecule has 1 heterocycles. The highest BCUT2D eigenvalue weighted by atomic mass is 16.6. The Morgan fingerprint density at radius 1 is 1.33 bits per heavy atom. The largest absolute Gasteiger partial charge is 0.444 e. The van der Waals surface area contributed by atoms with Crippen LogP contribution in [0, 0.1) is 0 Å². The lowest BCUT2D eigenvalue weighted by Gasteiger charge is -2.43. The van der Waals surface area contributed by atoms with Crippen molar-refractivity contribution in [3.8, 4) is 0 Å². The van der Waals surface area contributed by atoms with Crippen LogP contribution in [0.2, 0.25) is 0 Å². The Morgan fingerprint density at radius 3 is 2.48 bits per heavy atom. The van der Waals surface area contributed by atoms with Crippen molar-refractivity contribution in [1.82, 2.24) is 4.90 Å². The van der Waals surface area contributed by atoms with Gasteiger partial charge in [-0.1, -0.05) is 30.3 Å². The van der Waals surface area contributed by atoms with Crippen molar-refractivity contribution in [3.05, 3.63) is 35.9 Å². The molecule has 4 heteroatoms. The molecule has 0 saturated carbocycles. The van der Waals surface area contributed by atoms with E-state index in [0.717, 1.165) is 5.56 Å². The average molecular weight is 291 g/mol. The molecule has 0 unspecified atom stereocenters. The maximum Gasteiger partial charge on any atom is 0.410 e. The lowest BCUT2D eigenvalue weighted by atomic mass is 9.81. The molecule has 21 heavy (non-hydrogen) atoms. The molecule has 1 amide bonds. The Kier molecular flexibility index (Phi) is 4.28. The van der Waals surface area contributed by atoms with Crippen molar-refractivity contribution < 1.29 is 14.6 Å². The van der Waals surface area contributed by atoms with Gasteiger partial charge in [0, 0.05) is 19.0 Å². The Balaban J connectivity index is 2.07. The van der Waals surface area contributed by atoms with Crippen LogP contribution in [-0.2, 0) is 10.3 Å². The highest BCUT2D eigenvalue weighted by Crippen LogP contribution is 2.36. The summed E-state index contributed by atoms with van der Waals surface area (Å²) in [5, 5.41) is 10.9. The van der Waals surface area contributed by atoms with Crippen molar-refractivity contribution in [2.45, 2.75) is 57.8 Å². The van der Waals surface area contributed by atoms with Crippen LogP contribution in [0.4, 0.5) is 4.79 Å². The fourth-order valence-electron chi connectivity index (χ4n) is 2.83. The van der Waals surface area contributed by atoms with Gasteiger partial charge in [0.15, 0.2) is 0 Å². The van der Waals surface area contributed by atoms with E-state index in [4.69, 9.17) is 4.74 Å². The van der Waals surface area contributed by atoms with Crippen LogP contribution in [0.3, 0.4) is 0 Å². The predicted octanol–water partition coefficient (Wildman–Crippen LogP) is 3.29. The van der Waals surface area contributed by atoms with Crippen LogP contribution < -0.4 is 0 Å². The second kappa shape index (κ2) is 5.68. The third-order valence-corrected chi connectivity index (χ3v) is 3.87. The summed E-state index contributed by atoms with van der Waals surface area (Å²) in [4.78, 5) is 13.9. The summed E-state index contributed by atoms with van der Waals surface area (Å²) in [6.07, 6.45) is 0.752. The van der Waals surface area contributed by atoms with E-state index in [-0.39, 0.29) is 12.1 Å². The molecule has 0 aromatic heterocycles. The first-order valence-corrected chi connectivity index (χ1v) is 7.49. The number of ether oxygens (including phenoxy) is 1. The summed E-state index contributed by atoms with van der Waals surface area (Å²) < 4.78 is 5.43. The molecule has 0 bridgehead atoms. The molecular weight excluding hydrogens is 266 g/mol. The summed E-state index contributed by atoms with van der Waals surface area (Å²) in [7, 11) is 0. The average Bonchev–Trinajstić information content (AvgIpc) is 2.37. The van der Waals surface area contributed by atoms with Gasteiger partial charge in [-0.25, -0.2) is 4.79 Å². The number of carbonyl (C=O) groups excluding carboxylic acids is 1. The number of nitrogens with zero attached hydrogens (tertiary/aromatic N) is 1. The second-order valence-electron chi connectivity index (χ2n) is 6.87. The molecule has 1 N–H and O–H groups in total. The molecule has 4 nitrogen and oxygen atoms in total. The van der Waals surface area contributed by atoms with Crippen LogP contribution in [0.15, 0.2) is 30.3 Å². The molecule has 1 saturated heterocycles. The Morgan fingerprint density at radius 2 is 1.95 bits per heavy atom. The lowest BCUT2D eigenvalue weighted by Crippen LogP contribution is -2.51. The molecule has 1 fully saturated rings. The van der Waals surface area contributed by atoms with Gasteiger partial charge in [-0.15, -0.1) is 0 Å². The summed E-state index contributed by atoms with van der Waals surface area (Å²) in [5.41, 5.74) is -0.441. The number of rotatable bonds is 1. The van der Waals surface area contributed by atoms with Crippen molar-refractivity contribution >= 4 is 6.09 Å². The van der Waals surface area contributed by atoms with Crippen LogP contribution in [0.1, 0.15) is 46.1 Å². The first-order valence-electron chi connectivity index (χ1n) is 7.49. The monoisotopic (exact) mass is 291 g/mol. The molecule has 1 aliphatic rings. The molecule has 2 rings (SSSR count). The van der Waals surface area contributed by atoms with E-state index in [2.05, 4.69) is 0 Å². The van der Waals surface area contributed by atoms with Crippen molar-refractivity contribution in [2.24, 2.45) is 0 Å². The minimum Gasteiger partial charge on any atom is -0.444 e. The third kappa shape index (κ3) is 3.76. The number of carbonyl (C=O) groups is 1. The molecule has 1 aromatic carbocycles. The first-order chi connectivity index (χ1) is 9.71. The maximum atomic E-state index is 12.2. The van der Waals surface area contributed by atoms with E-state index in [1.807, 2.05) is 58.0 Å². The topological polar surface area (TPSA) is 49.8 Å². The number of amides is 1. The zero-order chi connectivity index (χ0) is 15.7. The summed E-state index contributed by atoms with van der Waals surface area (Å²) in [6, 6.07) is 9.62. The molecule has 1 aromatic rings. The van der Waals surface area contributed by atoms with Gasteiger partial charge in [-0.2, -0.15) is 0 Å². The number of piperidine rings is 1. The first kappa shape index (κ1) is 15.8. The molecular formula is C17H25NO3. The smallest absolute Gasteiger partial charge is 0.410 e. The third-order valence-electron chi connectivity index (χ3n) is 3.87. The predicted molar refractivity (Wildman–Crippen MR) is 82.0 cm³/mol. The van der Waals surface area contributed by atoms with E-state index in [9.17, 15) is 9.90 Å². The molecule has 116 valence electrons. The Bertz CT molecular complexity index is 495. The molecule has 0 aliphatic carbocycles. The number of likely N-dealkylation sites (tertiary alicyclic amines) is 1. The zero-order valence-electron chi connectivity index (χ0n) is 13.3. The fourth-order valence-corrected chi connectivity index (χ4v) is 2.83. The SMILES string of the molecule is C[C@H]1C[C@](O)(c2ccccc2)CCN1C(=O)OC(C)(C)C. The molecule has 1 aliphatic heterocycles. The minimum atomic E-state index is -0.862. The summed E-state index contributed by atoms with van der Waals surface area (Å²) in [5.74, 6) is 0. The van der Waals surface area contributed by atoms with E-state index in [1.165, 1.54) is 0 Å². The van der Waals surface area contributed by atoms with E-state index in [0.29, 0.717) is 19.4 Å². The summed E-state index contributed by atoms with van der Waals surface area (Å²) >= 11 is 0.